The largest absolute Gasteiger partial charge is 0.370 e. The average molecular weight is 446 g/mol. The molecule has 0 radical (unpaired) electrons. The first-order chi connectivity index (χ1) is 14.8. The van der Waals surface area contributed by atoms with Crippen molar-refractivity contribution in [2.24, 2.45) is 16.5 Å². The van der Waals surface area contributed by atoms with Gasteiger partial charge in [0.05, 0.1) is 18.7 Å². The van der Waals surface area contributed by atoms with E-state index in [0.717, 1.165) is 17.5 Å². The maximum Gasteiger partial charge on any atom is 0.332 e. The van der Waals surface area contributed by atoms with Gasteiger partial charge in [0.25, 0.3) is 11.8 Å². The Bertz CT molecular complexity index is 989. The maximum atomic E-state index is 12.2. The van der Waals surface area contributed by atoms with E-state index >= 15 is 0 Å². The number of nitrogens with zero attached hydrogens (tertiary/aromatic N) is 1. The highest BCUT2D eigenvalue weighted by Gasteiger charge is 2.12. The lowest BCUT2D eigenvalue weighted by atomic mass is 10.0. The third kappa shape index (κ3) is 7.63. The van der Waals surface area contributed by atoms with Gasteiger partial charge in [0, 0.05) is 10.6 Å². The fourth-order valence-electron chi connectivity index (χ4n) is 2.80. The molecule has 2 rings (SSSR count). The number of carbonyl (C=O) groups is 3. The van der Waals surface area contributed by atoms with E-state index < -0.39 is 17.8 Å². The maximum absolute atomic E-state index is 12.2. The highest BCUT2D eigenvalue weighted by atomic mass is 35.5. The number of guanidine groups is 1. The molecule has 2 aromatic rings. The van der Waals surface area contributed by atoms with Gasteiger partial charge in [-0.1, -0.05) is 36.7 Å². The molecule has 2 amide bonds. The first-order valence-electron chi connectivity index (χ1n) is 9.52. The van der Waals surface area contributed by atoms with Gasteiger partial charge in [0.2, 0.25) is 0 Å². The van der Waals surface area contributed by atoms with Crippen molar-refractivity contribution in [2.45, 2.75) is 26.2 Å². The van der Waals surface area contributed by atoms with Crippen molar-refractivity contribution >= 4 is 41.0 Å². The van der Waals surface area contributed by atoms with Crippen molar-refractivity contribution in [3.63, 3.8) is 0 Å². The van der Waals surface area contributed by atoms with Crippen LogP contribution in [0.2, 0.25) is 5.02 Å². The lowest BCUT2D eigenvalue weighted by Gasteiger charge is -2.10. The normalized spacial score (nSPS) is 10.1. The predicted octanol–water partition coefficient (Wildman–Crippen LogP) is 1.74. The summed E-state index contributed by atoms with van der Waals surface area (Å²) >= 11 is 6.16. The Hall–Kier alpha value is -3.59. The molecule has 0 aliphatic rings. The quantitative estimate of drug-likeness (QED) is 0.276. The van der Waals surface area contributed by atoms with Crippen LogP contribution in [-0.2, 0) is 27.3 Å². The topological polar surface area (TPSA) is 149 Å². The molecule has 0 aliphatic heterocycles. The summed E-state index contributed by atoms with van der Waals surface area (Å²) in [6, 6.07) is 11.7. The van der Waals surface area contributed by atoms with Crippen LogP contribution in [0.4, 0.5) is 5.69 Å². The minimum absolute atomic E-state index is 0.0670. The zero-order valence-corrected chi connectivity index (χ0v) is 17.7. The van der Waals surface area contributed by atoms with Crippen molar-refractivity contribution in [1.29, 1.82) is 0 Å². The van der Waals surface area contributed by atoms with Crippen LogP contribution in [0.1, 0.15) is 34.8 Å². The van der Waals surface area contributed by atoms with Crippen LogP contribution >= 0.6 is 11.6 Å². The number of hydrogen-bond donors (Lipinski definition) is 4. The van der Waals surface area contributed by atoms with E-state index in [1.807, 2.05) is 24.5 Å². The number of rotatable bonds is 8. The fraction of sp³-hybridized carbons (Fsp3) is 0.238. The van der Waals surface area contributed by atoms with E-state index in [0.29, 0.717) is 17.1 Å². The zero-order chi connectivity index (χ0) is 22.8. The van der Waals surface area contributed by atoms with Crippen molar-refractivity contribution in [3.05, 3.63) is 64.2 Å². The third-order valence-corrected chi connectivity index (χ3v) is 4.58. The summed E-state index contributed by atoms with van der Waals surface area (Å²) in [6.45, 7) is 1.60. The van der Waals surface area contributed by atoms with Crippen LogP contribution in [0.15, 0.2) is 47.5 Å². The highest BCUT2D eigenvalue weighted by Crippen LogP contribution is 2.21. The van der Waals surface area contributed by atoms with E-state index in [2.05, 4.69) is 10.3 Å². The van der Waals surface area contributed by atoms with Gasteiger partial charge in [-0.15, -0.1) is 0 Å². The summed E-state index contributed by atoms with van der Waals surface area (Å²) in [4.78, 5) is 44.5. The molecule has 0 saturated heterocycles. The fourth-order valence-corrected chi connectivity index (χ4v) is 3.13. The lowest BCUT2D eigenvalue weighted by Crippen LogP contribution is -2.38. The molecule has 0 saturated carbocycles. The molecule has 0 spiro atoms. The number of carbonyl (C=O) groups excluding carboxylic acids is 3. The van der Waals surface area contributed by atoms with Crippen LogP contribution in [0.25, 0.3) is 0 Å². The monoisotopic (exact) mass is 445 g/mol. The van der Waals surface area contributed by atoms with E-state index in [1.54, 1.807) is 24.3 Å². The van der Waals surface area contributed by atoms with Crippen LogP contribution in [0.3, 0.4) is 0 Å². The Morgan fingerprint density at radius 3 is 2.58 bits per heavy atom. The lowest BCUT2D eigenvalue weighted by molar-refractivity contribution is -0.157. The van der Waals surface area contributed by atoms with E-state index in [9.17, 15) is 14.4 Å². The van der Waals surface area contributed by atoms with Crippen molar-refractivity contribution in [1.82, 2.24) is 10.8 Å². The molecule has 0 aliphatic carbocycles. The van der Waals surface area contributed by atoms with Gasteiger partial charge in [-0.2, -0.15) is 5.48 Å². The number of aliphatic imine (C=N–C) groups is 1. The number of amides is 2. The standard InChI is InChI=1S/C21H24ClN5O4/c1-2-16-13(5-4-8-17(16)22)9-10-19(29)31-27-18(28)12-25-20(30)14-6-3-7-15(11-14)26-21(23)24/h3-8,11H,2,9-10,12H2,1H3,(H,25,30)(H,27,28)(H4,23,24,26). The number of benzene rings is 2. The minimum Gasteiger partial charge on any atom is -0.370 e. The van der Waals surface area contributed by atoms with Gasteiger partial charge in [-0.25, -0.2) is 9.79 Å². The molecule has 6 N–H and O–H groups in total. The summed E-state index contributed by atoms with van der Waals surface area (Å²) in [5, 5.41) is 3.07. The molecular weight excluding hydrogens is 422 g/mol. The number of hydroxylamine groups is 1. The summed E-state index contributed by atoms with van der Waals surface area (Å²) in [5.74, 6) is -1.94. The van der Waals surface area contributed by atoms with Gasteiger partial charge in [-0.3, -0.25) is 9.59 Å². The average Bonchev–Trinajstić information content (AvgIpc) is 2.74. The number of aryl methyl sites for hydroxylation is 1. The molecule has 0 fully saturated rings. The molecule has 0 heterocycles. The molecule has 0 unspecified atom stereocenters. The summed E-state index contributed by atoms with van der Waals surface area (Å²) in [5.41, 5.74) is 15.2. The zero-order valence-electron chi connectivity index (χ0n) is 17.0. The van der Waals surface area contributed by atoms with Crippen molar-refractivity contribution in [2.75, 3.05) is 6.54 Å². The van der Waals surface area contributed by atoms with Crippen LogP contribution in [-0.4, -0.2) is 30.3 Å². The predicted molar refractivity (Wildman–Crippen MR) is 118 cm³/mol. The first kappa shape index (κ1) is 23.7. The second-order valence-electron chi connectivity index (χ2n) is 6.50. The molecule has 164 valence electrons. The molecule has 2 aromatic carbocycles. The molecule has 0 atom stereocenters. The Morgan fingerprint density at radius 1 is 1.13 bits per heavy atom. The van der Waals surface area contributed by atoms with E-state index in [1.165, 1.54) is 6.07 Å². The Morgan fingerprint density at radius 2 is 1.87 bits per heavy atom. The minimum atomic E-state index is -0.681. The molecule has 0 bridgehead atoms. The second kappa shape index (κ2) is 11.6. The van der Waals surface area contributed by atoms with Crippen molar-refractivity contribution < 1.29 is 19.2 Å². The SMILES string of the molecule is CCc1c(Cl)cccc1CCC(=O)ONC(=O)CNC(=O)c1cccc(N=C(N)N)c1. The van der Waals surface area contributed by atoms with Crippen LogP contribution in [0, 0.1) is 0 Å². The molecule has 31 heavy (non-hydrogen) atoms. The molecule has 0 aromatic heterocycles. The van der Waals surface area contributed by atoms with Gasteiger partial charge in [-0.05, 0) is 48.2 Å². The van der Waals surface area contributed by atoms with Crippen LogP contribution in [0.5, 0.6) is 0 Å². The van der Waals surface area contributed by atoms with Gasteiger partial charge in [0.1, 0.15) is 0 Å². The van der Waals surface area contributed by atoms with Crippen LogP contribution < -0.4 is 22.3 Å². The summed E-state index contributed by atoms with van der Waals surface area (Å²) in [7, 11) is 0. The summed E-state index contributed by atoms with van der Waals surface area (Å²) < 4.78 is 0. The Balaban J connectivity index is 1.77. The van der Waals surface area contributed by atoms with E-state index in [-0.39, 0.29) is 24.5 Å². The van der Waals surface area contributed by atoms with E-state index in [4.69, 9.17) is 27.9 Å². The molecule has 10 heteroatoms. The molecule has 9 nitrogen and oxygen atoms in total. The van der Waals surface area contributed by atoms with Crippen molar-refractivity contribution in [3.8, 4) is 0 Å². The van der Waals surface area contributed by atoms with Gasteiger partial charge < -0.3 is 21.6 Å². The Labute approximate surface area is 184 Å². The highest BCUT2D eigenvalue weighted by molar-refractivity contribution is 6.31. The third-order valence-electron chi connectivity index (χ3n) is 4.22. The number of nitrogens with one attached hydrogen (secondary N) is 2. The second-order valence-corrected chi connectivity index (χ2v) is 6.91. The number of halogens is 1. The number of nitrogens with two attached hydrogens (primary N) is 2. The first-order valence-corrected chi connectivity index (χ1v) is 9.90. The van der Waals surface area contributed by atoms with Gasteiger partial charge >= 0.3 is 5.97 Å². The summed E-state index contributed by atoms with van der Waals surface area (Å²) in [6.07, 6.45) is 1.24. The Kier molecular flexibility index (Phi) is 8.83. The number of hydrogen-bond acceptors (Lipinski definition) is 5. The smallest absolute Gasteiger partial charge is 0.332 e. The molecular formula is C21H24ClN5O4. The van der Waals surface area contributed by atoms with Gasteiger partial charge in [0.15, 0.2) is 5.96 Å².